The van der Waals surface area contributed by atoms with Crippen LogP contribution in [0.15, 0.2) is 22.9 Å². The molecule has 1 atom stereocenters. The zero-order chi connectivity index (χ0) is 14.4. The fourth-order valence-corrected chi connectivity index (χ4v) is 4.53. The summed E-state index contributed by atoms with van der Waals surface area (Å²) in [7, 11) is 0. The first-order chi connectivity index (χ1) is 9.66. The SMILES string of the molecule is N#CC1=C(N)C(C#N)(C#N)C2=CCC[C@H]2C12CCCC2. The van der Waals surface area contributed by atoms with Gasteiger partial charge in [-0.1, -0.05) is 18.9 Å². The van der Waals surface area contributed by atoms with Crippen molar-refractivity contribution in [3.63, 3.8) is 0 Å². The monoisotopic (exact) mass is 264 g/mol. The number of hydrogen-bond acceptors (Lipinski definition) is 4. The van der Waals surface area contributed by atoms with Gasteiger partial charge in [-0.05, 0) is 37.2 Å². The van der Waals surface area contributed by atoms with E-state index in [4.69, 9.17) is 5.73 Å². The van der Waals surface area contributed by atoms with E-state index in [2.05, 4.69) is 18.2 Å². The van der Waals surface area contributed by atoms with E-state index in [1.54, 1.807) is 0 Å². The zero-order valence-corrected chi connectivity index (χ0v) is 11.3. The van der Waals surface area contributed by atoms with Gasteiger partial charge < -0.3 is 5.73 Å². The van der Waals surface area contributed by atoms with Crippen LogP contribution in [0.25, 0.3) is 0 Å². The van der Waals surface area contributed by atoms with Crippen molar-refractivity contribution in [1.82, 2.24) is 0 Å². The normalized spacial score (nSPS) is 29.2. The zero-order valence-electron chi connectivity index (χ0n) is 11.3. The van der Waals surface area contributed by atoms with Crippen LogP contribution in [0, 0.1) is 50.7 Å². The molecule has 0 unspecified atom stereocenters. The van der Waals surface area contributed by atoms with Gasteiger partial charge in [0.1, 0.15) is 0 Å². The van der Waals surface area contributed by atoms with Gasteiger partial charge in [0.15, 0.2) is 0 Å². The molecule has 20 heavy (non-hydrogen) atoms. The molecule has 0 radical (unpaired) electrons. The van der Waals surface area contributed by atoms with Gasteiger partial charge in [-0.2, -0.15) is 15.8 Å². The Morgan fingerprint density at radius 3 is 2.35 bits per heavy atom. The number of hydrogen-bond donors (Lipinski definition) is 1. The van der Waals surface area contributed by atoms with E-state index < -0.39 is 5.41 Å². The molecule has 0 aliphatic heterocycles. The Balaban J connectivity index is 2.33. The van der Waals surface area contributed by atoms with E-state index in [9.17, 15) is 15.8 Å². The van der Waals surface area contributed by atoms with Crippen molar-refractivity contribution in [1.29, 1.82) is 15.8 Å². The second kappa shape index (κ2) is 4.12. The summed E-state index contributed by atoms with van der Waals surface area (Å²) < 4.78 is 0. The Morgan fingerprint density at radius 2 is 1.80 bits per heavy atom. The van der Waals surface area contributed by atoms with Crippen LogP contribution in [-0.2, 0) is 0 Å². The maximum atomic E-state index is 9.60. The van der Waals surface area contributed by atoms with Gasteiger partial charge in [-0.25, -0.2) is 0 Å². The fraction of sp³-hybridized carbons (Fsp3) is 0.562. The maximum absolute atomic E-state index is 9.60. The minimum atomic E-state index is -1.42. The number of allylic oxidation sites excluding steroid dienone is 3. The quantitative estimate of drug-likeness (QED) is 0.680. The van der Waals surface area contributed by atoms with Gasteiger partial charge in [0.25, 0.3) is 0 Å². The summed E-state index contributed by atoms with van der Waals surface area (Å²) in [6.07, 6.45) is 7.90. The second-order valence-electron chi connectivity index (χ2n) is 6.03. The van der Waals surface area contributed by atoms with Crippen molar-refractivity contribution < 1.29 is 0 Å². The molecule has 3 aliphatic rings. The lowest BCUT2D eigenvalue weighted by atomic mass is 9.55. The van der Waals surface area contributed by atoms with E-state index in [1.165, 1.54) is 0 Å². The fourth-order valence-electron chi connectivity index (χ4n) is 4.53. The standard InChI is InChI=1S/C16H16N4/c17-8-13-14(20)16(9-18,10-19)12-5-3-4-11(12)15(13)6-1-2-7-15/h5,11H,1-4,6-7,20H2/t11-/m1/s1. The topological polar surface area (TPSA) is 97.4 Å². The largest absolute Gasteiger partial charge is 0.399 e. The van der Waals surface area contributed by atoms with Crippen LogP contribution in [-0.4, -0.2) is 0 Å². The van der Waals surface area contributed by atoms with E-state index in [-0.39, 0.29) is 17.0 Å². The first-order valence-electron chi connectivity index (χ1n) is 7.10. The van der Waals surface area contributed by atoms with Crippen LogP contribution < -0.4 is 5.73 Å². The summed E-state index contributed by atoms with van der Waals surface area (Å²) in [5.74, 6) is 0.145. The second-order valence-corrected chi connectivity index (χ2v) is 6.03. The minimum absolute atomic E-state index is 0.145. The molecule has 4 nitrogen and oxygen atoms in total. The van der Waals surface area contributed by atoms with Crippen molar-refractivity contribution >= 4 is 0 Å². The van der Waals surface area contributed by atoms with Gasteiger partial charge in [0.2, 0.25) is 5.41 Å². The van der Waals surface area contributed by atoms with Crippen LogP contribution in [0.3, 0.4) is 0 Å². The summed E-state index contributed by atoms with van der Waals surface area (Å²) in [6.45, 7) is 0. The number of rotatable bonds is 0. The lowest BCUT2D eigenvalue weighted by molar-refractivity contribution is 0.223. The van der Waals surface area contributed by atoms with Crippen molar-refractivity contribution in [2.75, 3.05) is 0 Å². The number of nitriles is 3. The molecule has 0 heterocycles. The molecular weight excluding hydrogens is 248 g/mol. The molecule has 0 aromatic heterocycles. The highest BCUT2D eigenvalue weighted by Gasteiger charge is 2.59. The summed E-state index contributed by atoms with van der Waals surface area (Å²) in [6, 6.07) is 6.44. The van der Waals surface area contributed by atoms with Crippen molar-refractivity contribution in [2.45, 2.75) is 38.5 Å². The lowest BCUT2D eigenvalue weighted by Gasteiger charge is -2.45. The average Bonchev–Trinajstić information content (AvgIpc) is 3.11. The highest BCUT2D eigenvalue weighted by Crippen LogP contribution is 2.63. The average molecular weight is 264 g/mol. The van der Waals surface area contributed by atoms with Gasteiger partial charge >= 0.3 is 0 Å². The molecule has 3 rings (SSSR count). The minimum Gasteiger partial charge on any atom is -0.399 e. The Hall–Kier alpha value is -2.25. The van der Waals surface area contributed by atoms with Crippen LogP contribution in [0.5, 0.6) is 0 Å². The predicted octanol–water partition coefficient (Wildman–Crippen LogP) is 2.67. The van der Waals surface area contributed by atoms with Crippen LogP contribution >= 0.6 is 0 Å². The Kier molecular flexibility index (Phi) is 2.63. The lowest BCUT2D eigenvalue weighted by Crippen LogP contribution is -2.44. The van der Waals surface area contributed by atoms with E-state index in [1.807, 2.05) is 6.08 Å². The molecule has 0 aromatic rings. The van der Waals surface area contributed by atoms with E-state index in [0.717, 1.165) is 44.1 Å². The summed E-state index contributed by atoms with van der Waals surface area (Å²) in [5, 5.41) is 28.7. The number of nitrogens with two attached hydrogens (primary N) is 1. The third kappa shape index (κ3) is 1.23. The molecule has 1 spiro atoms. The molecule has 1 fully saturated rings. The van der Waals surface area contributed by atoms with E-state index in [0.29, 0.717) is 5.57 Å². The van der Waals surface area contributed by atoms with Crippen molar-refractivity contribution in [3.05, 3.63) is 22.9 Å². The smallest absolute Gasteiger partial charge is 0.204 e. The maximum Gasteiger partial charge on any atom is 0.204 e. The van der Waals surface area contributed by atoms with Crippen LogP contribution in [0.4, 0.5) is 0 Å². The molecule has 0 bridgehead atoms. The summed E-state index contributed by atoms with van der Waals surface area (Å²) in [5.41, 5.74) is 6.11. The molecule has 0 saturated heterocycles. The first kappa shape index (κ1) is 12.8. The third-order valence-corrected chi connectivity index (χ3v) is 5.41. The Labute approximate surface area is 118 Å². The molecule has 0 amide bonds. The number of nitrogens with zero attached hydrogens (tertiary/aromatic N) is 3. The van der Waals surface area contributed by atoms with E-state index >= 15 is 0 Å². The van der Waals surface area contributed by atoms with Crippen LogP contribution in [0.2, 0.25) is 0 Å². The Morgan fingerprint density at radius 1 is 1.15 bits per heavy atom. The molecule has 3 aliphatic carbocycles. The van der Waals surface area contributed by atoms with Gasteiger partial charge in [0, 0.05) is 5.41 Å². The van der Waals surface area contributed by atoms with Gasteiger partial charge in [-0.15, -0.1) is 0 Å². The molecule has 4 heteroatoms. The molecule has 2 N–H and O–H groups in total. The highest BCUT2D eigenvalue weighted by molar-refractivity contribution is 5.57. The molecule has 100 valence electrons. The first-order valence-corrected chi connectivity index (χ1v) is 7.10. The number of fused-ring (bicyclic) bond motifs is 2. The molecular formula is C16H16N4. The highest BCUT2D eigenvalue weighted by atomic mass is 14.7. The van der Waals surface area contributed by atoms with Crippen molar-refractivity contribution in [3.8, 4) is 18.2 Å². The summed E-state index contributed by atoms with van der Waals surface area (Å²) in [4.78, 5) is 0. The van der Waals surface area contributed by atoms with Gasteiger partial charge in [-0.3, -0.25) is 0 Å². The summed E-state index contributed by atoms with van der Waals surface area (Å²) >= 11 is 0. The third-order valence-electron chi connectivity index (χ3n) is 5.41. The van der Waals surface area contributed by atoms with Gasteiger partial charge in [0.05, 0.1) is 29.5 Å². The molecule has 0 aromatic carbocycles. The van der Waals surface area contributed by atoms with Crippen molar-refractivity contribution in [2.24, 2.45) is 22.5 Å². The predicted molar refractivity (Wildman–Crippen MR) is 72.2 cm³/mol. The molecule has 1 saturated carbocycles. The van der Waals surface area contributed by atoms with Crippen LogP contribution in [0.1, 0.15) is 38.5 Å². The Bertz CT molecular complexity index is 627.